The lowest BCUT2D eigenvalue weighted by molar-refractivity contribution is -0.120. The number of carbonyl (C=O) groups is 4. The van der Waals surface area contributed by atoms with E-state index in [9.17, 15) is 19.2 Å². The zero-order chi connectivity index (χ0) is 35.4. The molecule has 0 bridgehead atoms. The molecule has 14 nitrogen and oxygen atoms in total. The van der Waals surface area contributed by atoms with Gasteiger partial charge in [0, 0.05) is 25.9 Å². The topological polar surface area (TPSA) is 178 Å². The van der Waals surface area contributed by atoms with Crippen molar-refractivity contribution in [2.24, 2.45) is 0 Å². The molecule has 6 amide bonds. The summed E-state index contributed by atoms with van der Waals surface area (Å²) in [6.45, 7) is 6.41. The van der Waals surface area contributed by atoms with Crippen LogP contribution in [0.5, 0.6) is 0 Å². The third-order valence-electron chi connectivity index (χ3n) is 8.33. The molecule has 0 atom stereocenters. The molecule has 0 aliphatic carbocycles. The average Bonchev–Trinajstić information content (AvgIpc) is 3.74. The van der Waals surface area contributed by atoms with Crippen molar-refractivity contribution in [2.75, 3.05) is 0 Å². The molecule has 276 valence electrons. The van der Waals surface area contributed by atoms with E-state index in [0.717, 1.165) is 25.9 Å². The minimum Gasteiger partial charge on any atom is -0.332 e. The van der Waals surface area contributed by atoms with Crippen molar-refractivity contribution in [3.05, 3.63) is 23.8 Å². The third-order valence-corrected chi connectivity index (χ3v) is 8.33. The van der Waals surface area contributed by atoms with Gasteiger partial charge >= 0.3 is 12.1 Å². The zero-order valence-corrected chi connectivity index (χ0v) is 30.1. The van der Waals surface area contributed by atoms with Crippen LogP contribution in [0.25, 0.3) is 0 Å². The highest BCUT2D eigenvalue weighted by atomic mass is 16.2. The monoisotopic (exact) mass is 686 g/mol. The lowest BCUT2D eigenvalue weighted by Gasteiger charge is -2.06. The van der Waals surface area contributed by atoms with E-state index < -0.39 is 23.9 Å². The van der Waals surface area contributed by atoms with Gasteiger partial charge in [-0.1, -0.05) is 121 Å². The van der Waals surface area contributed by atoms with Crippen LogP contribution in [-0.4, -0.2) is 53.9 Å². The molecule has 4 N–H and O–H groups in total. The molecule has 0 saturated heterocycles. The Morgan fingerprint density at radius 3 is 1.24 bits per heavy atom. The van der Waals surface area contributed by atoms with Gasteiger partial charge in [-0.05, 0) is 25.7 Å². The highest BCUT2D eigenvalue weighted by Crippen LogP contribution is 2.10. The first kappa shape index (κ1) is 41.3. The number of urea groups is 2. The SMILES string of the molecule is CCCCCCCCCCn1cc(CNC(=O)NC(=O)CCCCCC(=O)NC(=O)NCc2cn(CCCCCCCCCC)nn2)nn1. The van der Waals surface area contributed by atoms with Crippen molar-refractivity contribution in [1.82, 2.24) is 51.3 Å². The van der Waals surface area contributed by atoms with Gasteiger partial charge in [-0.25, -0.2) is 9.59 Å². The Morgan fingerprint density at radius 1 is 0.510 bits per heavy atom. The first-order chi connectivity index (χ1) is 23.9. The van der Waals surface area contributed by atoms with Gasteiger partial charge in [0.25, 0.3) is 0 Å². The maximum absolute atomic E-state index is 12.1. The van der Waals surface area contributed by atoms with Crippen LogP contribution in [0.3, 0.4) is 0 Å². The van der Waals surface area contributed by atoms with Crippen LogP contribution in [0.2, 0.25) is 0 Å². The Morgan fingerprint density at radius 2 is 0.857 bits per heavy atom. The van der Waals surface area contributed by atoms with Gasteiger partial charge in [0.15, 0.2) is 0 Å². The zero-order valence-electron chi connectivity index (χ0n) is 30.1. The second-order valence-electron chi connectivity index (χ2n) is 12.9. The molecule has 0 radical (unpaired) electrons. The van der Waals surface area contributed by atoms with Gasteiger partial charge in [-0.3, -0.25) is 29.6 Å². The Bertz CT molecular complexity index is 1110. The maximum atomic E-state index is 12.1. The number of aromatic nitrogens is 6. The van der Waals surface area contributed by atoms with E-state index in [0.29, 0.717) is 30.7 Å². The summed E-state index contributed by atoms with van der Waals surface area (Å²) in [6.07, 6.45) is 25.5. The number of imide groups is 2. The number of carbonyl (C=O) groups excluding carboxylic acids is 4. The van der Waals surface area contributed by atoms with E-state index in [1.807, 2.05) is 12.4 Å². The summed E-state index contributed by atoms with van der Waals surface area (Å²) >= 11 is 0. The molecule has 49 heavy (non-hydrogen) atoms. The highest BCUT2D eigenvalue weighted by molar-refractivity contribution is 5.94. The van der Waals surface area contributed by atoms with E-state index >= 15 is 0 Å². The Labute approximate surface area is 292 Å². The van der Waals surface area contributed by atoms with Gasteiger partial charge in [-0.15, -0.1) is 10.2 Å². The predicted octanol–water partition coefficient (Wildman–Crippen LogP) is 6.45. The number of nitrogens with zero attached hydrogens (tertiary/aromatic N) is 6. The molecular formula is C35H62N10O4. The van der Waals surface area contributed by atoms with E-state index in [1.54, 1.807) is 9.36 Å². The summed E-state index contributed by atoms with van der Waals surface area (Å²) in [4.78, 5) is 48.4. The van der Waals surface area contributed by atoms with Crippen molar-refractivity contribution in [1.29, 1.82) is 0 Å². The number of hydrogen-bond acceptors (Lipinski definition) is 8. The summed E-state index contributed by atoms with van der Waals surface area (Å²) < 4.78 is 3.58. The van der Waals surface area contributed by atoms with Crippen molar-refractivity contribution in [2.45, 2.75) is 175 Å². The summed E-state index contributed by atoms with van der Waals surface area (Å²) in [6, 6.07) is -1.17. The molecule has 0 unspecified atom stereocenters. The molecule has 2 aromatic heterocycles. The molecule has 0 fully saturated rings. The normalized spacial score (nSPS) is 11.0. The third kappa shape index (κ3) is 21.7. The van der Waals surface area contributed by atoms with Crippen molar-refractivity contribution >= 4 is 23.9 Å². The number of unbranched alkanes of at least 4 members (excludes halogenated alkanes) is 16. The fourth-order valence-corrected chi connectivity index (χ4v) is 5.43. The van der Waals surface area contributed by atoms with Crippen LogP contribution in [0.4, 0.5) is 9.59 Å². The average molecular weight is 687 g/mol. The van der Waals surface area contributed by atoms with E-state index in [2.05, 4.69) is 55.7 Å². The standard InChI is InChI=1S/C35H62N10O4/c1-3-5-7-9-11-13-15-20-24-44-28-30(40-42-44)26-36-34(48)38-32(46)22-18-17-19-23-33(47)39-35(49)37-27-31-29-45(43-41-31)25-21-16-14-12-10-8-6-4-2/h28-29H,3-27H2,1-2H3,(H2,36,38,46,48)(H2,37,39,47,49). The quantitative estimate of drug-likeness (QED) is 0.0738. The minimum absolute atomic E-state index is 0.157. The Hall–Kier alpha value is -3.84. The molecule has 0 aliphatic rings. The number of aryl methyl sites for hydroxylation is 2. The largest absolute Gasteiger partial charge is 0.332 e. The fraction of sp³-hybridized carbons (Fsp3) is 0.771. The Balaban J connectivity index is 1.44. The van der Waals surface area contributed by atoms with Crippen molar-refractivity contribution < 1.29 is 19.2 Å². The number of hydrogen-bond donors (Lipinski definition) is 4. The number of amides is 6. The predicted molar refractivity (Wildman–Crippen MR) is 189 cm³/mol. The summed E-state index contributed by atoms with van der Waals surface area (Å²) in [5.41, 5.74) is 1.26. The smallest absolute Gasteiger partial charge is 0.321 e. The van der Waals surface area contributed by atoms with E-state index in [4.69, 9.17) is 0 Å². The van der Waals surface area contributed by atoms with Crippen LogP contribution < -0.4 is 21.3 Å². The number of rotatable bonds is 28. The second-order valence-corrected chi connectivity index (χ2v) is 12.9. The molecule has 0 saturated carbocycles. The molecule has 0 aliphatic heterocycles. The van der Waals surface area contributed by atoms with Gasteiger partial charge in [0.05, 0.1) is 25.5 Å². The lowest BCUT2D eigenvalue weighted by atomic mass is 10.1. The second kappa shape index (κ2) is 27.0. The first-order valence-corrected chi connectivity index (χ1v) is 18.8. The number of nitrogens with one attached hydrogen (secondary N) is 4. The van der Waals surface area contributed by atoms with Crippen LogP contribution in [-0.2, 0) is 35.8 Å². The van der Waals surface area contributed by atoms with Gasteiger partial charge < -0.3 is 10.6 Å². The van der Waals surface area contributed by atoms with Crippen LogP contribution >= 0.6 is 0 Å². The van der Waals surface area contributed by atoms with Crippen LogP contribution in [0.1, 0.15) is 160 Å². The van der Waals surface area contributed by atoms with E-state index in [1.165, 1.54) is 89.9 Å². The van der Waals surface area contributed by atoms with E-state index in [-0.39, 0.29) is 25.9 Å². The lowest BCUT2D eigenvalue weighted by Crippen LogP contribution is -2.39. The summed E-state index contributed by atoms with van der Waals surface area (Å²) in [7, 11) is 0. The minimum atomic E-state index is -0.584. The van der Waals surface area contributed by atoms with Gasteiger partial charge in [0.1, 0.15) is 11.4 Å². The maximum Gasteiger partial charge on any atom is 0.321 e. The van der Waals surface area contributed by atoms with Gasteiger partial charge in [-0.2, -0.15) is 0 Å². The Kier molecular flexibility index (Phi) is 22.8. The highest BCUT2D eigenvalue weighted by Gasteiger charge is 2.11. The van der Waals surface area contributed by atoms with Gasteiger partial charge in [0.2, 0.25) is 11.8 Å². The molecule has 14 heteroatoms. The molecule has 2 aromatic rings. The molecule has 0 aromatic carbocycles. The first-order valence-electron chi connectivity index (χ1n) is 18.8. The summed E-state index contributed by atoms with van der Waals surface area (Å²) in [5, 5.41) is 26.3. The molecular weight excluding hydrogens is 624 g/mol. The van der Waals surface area contributed by atoms with Crippen LogP contribution in [0.15, 0.2) is 12.4 Å². The van der Waals surface area contributed by atoms with Crippen molar-refractivity contribution in [3.8, 4) is 0 Å². The summed E-state index contributed by atoms with van der Waals surface area (Å²) in [5.74, 6) is -0.788. The molecule has 0 spiro atoms. The fourth-order valence-electron chi connectivity index (χ4n) is 5.43. The van der Waals surface area contributed by atoms with Crippen molar-refractivity contribution in [3.63, 3.8) is 0 Å². The molecule has 2 heterocycles. The molecule has 2 rings (SSSR count). The van der Waals surface area contributed by atoms with Crippen LogP contribution in [0, 0.1) is 0 Å².